The van der Waals surface area contributed by atoms with E-state index in [9.17, 15) is 0 Å². The van der Waals surface area contributed by atoms with Crippen LogP contribution in [0.25, 0.3) is 93.6 Å². The number of hydrogen-bond acceptors (Lipinski definition) is 0. The van der Waals surface area contributed by atoms with E-state index in [0.717, 1.165) is 11.4 Å². The van der Waals surface area contributed by atoms with Gasteiger partial charge in [0, 0.05) is 43.7 Å². The molecule has 0 spiro atoms. The Kier molecular flexibility index (Phi) is 5.96. The summed E-state index contributed by atoms with van der Waals surface area (Å²) in [6.07, 6.45) is 0. The molecule has 8 aromatic carbocycles. The number of aromatic nitrogens is 3. The number of hydrogen-bond donors (Lipinski definition) is 0. The first-order valence-corrected chi connectivity index (χ1v) is 17.5. The molecule has 11 aromatic rings. The second-order valence-corrected chi connectivity index (χ2v) is 13.4. The second-order valence-electron chi connectivity index (χ2n) is 13.4. The van der Waals surface area contributed by atoms with Crippen LogP contribution in [0.5, 0.6) is 0 Å². The van der Waals surface area contributed by atoms with Crippen molar-refractivity contribution in [2.75, 3.05) is 0 Å². The van der Waals surface area contributed by atoms with Crippen molar-refractivity contribution in [1.82, 2.24) is 13.7 Å². The third-order valence-electron chi connectivity index (χ3n) is 10.6. The topological polar surface area (TPSA) is 14.8 Å². The third-order valence-corrected chi connectivity index (χ3v) is 10.6. The van der Waals surface area contributed by atoms with Crippen LogP contribution in [-0.2, 0) is 0 Å². The van der Waals surface area contributed by atoms with Crippen LogP contribution >= 0.6 is 0 Å². The van der Waals surface area contributed by atoms with Crippen molar-refractivity contribution in [2.24, 2.45) is 0 Å². The van der Waals surface area contributed by atoms with Crippen LogP contribution in [0.4, 0.5) is 0 Å². The van der Waals surface area contributed by atoms with Crippen molar-refractivity contribution in [2.45, 2.75) is 0 Å². The SMILES string of the molecule is c1ccc(-c2cccc(-n3c4ccccc4c4c(-n5c6ccccc6c6cc7c8ccccc8n(-c8ccccc8)c7cc65)cccc43)c2)cc1. The summed E-state index contributed by atoms with van der Waals surface area (Å²) in [6, 6.07) is 68.4. The fourth-order valence-electron chi connectivity index (χ4n) is 8.47. The molecule has 0 saturated carbocycles. The van der Waals surface area contributed by atoms with Crippen LogP contribution in [0.2, 0.25) is 0 Å². The molecule has 51 heavy (non-hydrogen) atoms. The van der Waals surface area contributed by atoms with Crippen molar-refractivity contribution >= 4 is 65.4 Å². The van der Waals surface area contributed by atoms with Gasteiger partial charge in [-0.15, -0.1) is 0 Å². The van der Waals surface area contributed by atoms with Gasteiger partial charge < -0.3 is 13.7 Å². The van der Waals surface area contributed by atoms with Crippen LogP contribution in [0.1, 0.15) is 0 Å². The van der Waals surface area contributed by atoms with E-state index < -0.39 is 0 Å². The van der Waals surface area contributed by atoms with Crippen molar-refractivity contribution in [3.63, 3.8) is 0 Å². The number of nitrogens with zero attached hydrogens (tertiary/aromatic N) is 3. The zero-order chi connectivity index (χ0) is 33.5. The van der Waals surface area contributed by atoms with Gasteiger partial charge in [-0.3, -0.25) is 0 Å². The lowest BCUT2D eigenvalue weighted by Crippen LogP contribution is -1.97. The highest BCUT2D eigenvalue weighted by Crippen LogP contribution is 2.43. The fraction of sp³-hybridized carbons (Fsp3) is 0. The number of fused-ring (bicyclic) bond motifs is 9. The fourth-order valence-corrected chi connectivity index (χ4v) is 8.47. The molecule has 3 heterocycles. The van der Waals surface area contributed by atoms with Gasteiger partial charge in [-0.05, 0) is 77.9 Å². The van der Waals surface area contributed by atoms with Gasteiger partial charge in [0.25, 0.3) is 0 Å². The van der Waals surface area contributed by atoms with E-state index in [1.165, 1.54) is 82.2 Å². The largest absolute Gasteiger partial charge is 0.309 e. The Balaban J connectivity index is 1.25. The van der Waals surface area contributed by atoms with Crippen molar-refractivity contribution in [3.05, 3.63) is 188 Å². The monoisotopic (exact) mass is 649 g/mol. The smallest absolute Gasteiger partial charge is 0.0562 e. The molecule has 0 fully saturated rings. The molecule has 0 amide bonds. The molecule has 3 nitrogen and oxygen atoms in total. The Labute approximate surface area is 294 Å². The molecule has 0 aliphatic heterocycles. The number of rotatable bonds is 4. The normalized spacial score (nSPS) is 11.9. The van der Waals surface area contributed by atoms with Crippen LogP contribution in [0, 0.1) is 0 Å². The van der Waals surface area contributed by atoms with E-state index in [1.54, 1.807) is 0 Å². The van der Waals surface area contributed by atoms with Gasteiger partial charge in [0.15, 0.2) is 0 Å². The maximum absolute atomic E-state index is 2.50. The van der Waals surface area contributed by atoms with E-state index >= 15 is 0 Å². The maximum atomic E-state index is 2.50. The summed E-state index contributed by atoms with van der Waals surface area (Å²) in [5.74, 6) is 0. The number of para-hydroxylation sites is 4. The zero-order valence-electron chi connectivity index (χ0n) is 27.7. The third kappa shape index (κ3) is 4.06. The molecule has 0 aliphatic carbocycles. The van der Waals surface area contributed by atoms with E-state index in [4.69, 9.17) is 0 Å². The quantitative estimate of drug-likeness (QED) is 0.180. The van der Waals surface area contributed by atoms with E-state index in [2.05, 4.69) is 202 Å². The molecular weight excluding hydrogens is 619 g/mol. The lowest BCUT2D eigenvalue weighted by Gasteiger charge is -2.13. The minimum absolute atomic E-state index is 1.15. The van der Waals surface area contributed by atoms with Gasteiger partial charge in [0.1, 0.15) is 0 Å². The lowest BCUT2D eigenvalue weighted by atomic mass is 10.1. The first-order valence-electron chi connectivity index (χ1n) is 17.5. The first kappa shape index (κ1) is 28.0. The Hall–Kier alpha value is -6.84. The first-order chi connectivity index (χ1) is 25.3. The average molecular weight is 650 g/mol. The van der Waals surface area contributed by atoms with Crippen molar-refractivity contribution in [3.8, 4) is 28.2 Å². The summed E-state index contributed by atoms with van der Waals surface area (Å²) in [4.78, 5) is 0. The van der Waals surface area contributed by atoms with Gasteiger partial charge in [0.05, 0.1) is 38.8 Å². The summed E-state index contributed by atoms with van der Waals surface area (Å²) < 4.78 is 7.34. The zero-order valence-corrected chi connectivity index (χ0v) is 27.7. The van der Waals surface area contributed by atoms with Gasteiger partial charge in [-0.25, -0.2) is 0 Å². The van der Waals surface area contributed by atoms with Crippen LogP contribution < -0.4 is 0 Å². The molecule has 0 bridgehead atoms. The molecule has 0 saturated heterocycles. The summed E-state index contributed by atoms with van der Waals surface area (Å²) >= 11 is 0. The second kappa shape index (κ2) is 10.8. The Morgan fingerprint density at radius 3 is 1.47 bits per heavy atom. The molecular formula is C48H31N3. The lowest BCUT2D eigenvalue weighted by molar-refractivity contribution is 1.16. The van der Waals surface area contributed by atoms with Crippen LogP contribution in [0.15, 0.2) is 188 Å². The average Bonchev–Trinajstić information content (AvgIpc) is 3.83. The number of benzene rings is 8. The Bertz CT molecular complexity index is 3120. The minimum atomic E-state index is 1.15. The van der Waals surface area contributed by atoms with Gasteiger partial charge >= 0.3 is 0 Å². The highest BCUT2D eigenvalue weighted by molar-refractivity contribution is 6.21. The summed E-state index contributed by atoms with van der Waals surface area (Å²) in [6.45, 7) is 0. The van der Waals surface area contributed by atoms with E-state index in [-0.39, 0.29) is 0 Å². The van der Waals surface area contributed by atoms with E-state index in [0.29, 0.717) is 0 Å². The van der Waals surface area contributed by atoms with Crippen molar-refractivity contribution < 1.29 is 0 Å². The molecule has 3 aromatic heterocycles. The molecule has 11 rings (SSSR count). The van der Waals surface area contributed by atoms with Crippen LogP contribution in [-0.4, -0.2) is 13.7 Å². The summed E-state index contributed by atoms with van der Waals surface area (Å²) in [5.41, 5.74) is 13.1. The molecule has 3 heteroatoms. The van der Waals surface area contributed by atoms with E-state index in [1.807, 2.05) is 0 Å². The van der Waals surface area contributed by atoms with Gasteiger partial charge in [-0.1, -0.05) is 121 Å². The summed E-state index contributed by atoms with van der Waals surface area (Å²) in [7, 11) is 0. The molecule has 0 radical (unpaired) electrons. The predicted octanol–water partition coefficient (Wildman–Crippen LogP) is 12.6. The molecule has 0 aliphatic rings. The maximum Gasteiger partial charge on any atom is 0.0562 e. The van der Waals surface area contributed by atoms with Crippen molar-refractivity contribution in [1.29, 1.82) is 0 Å². The highest BCUT2D eigenvalue weighted by atomic mass is 15.0. The van der Waals surface area contributed by atoms with Gasteiger partial charge in [0.2, 0.25) is 0 Å². The highest BCUT2D eigenvalue weighted by Gasteiger charge is 2.22. The Morgan fingerprint density at radius 1 is 0.255 bits per heavy atom. The van der Waals surface area contributed by atoms with Gasteiger partial charge in [-0.2, -0.15) is 0 Å². The van der Waals surface area contributed by atoms with Crippen LogP contribution in [0.3, 0.4) is 0 Å². The minimum Gasteiger partial charge on any atom is -0.309 e. The Morgan fingerprint density at radius 2 is 0.745 bits per heavy atom. The molecule has 0 N–H and O–H groups in total. The molecule has 0 unspecified atom stereocenters. The predicted molar refractivity (Wildman–Crippen MR) is 215 cm³/mol. The standard InChI is InChI=1S/C48H31N3/c1-3-15-32(16-4-1)33-17-13-20-35(29-33)50-43-26-12-9-23-38(43)48-44(50)27-14-28-45(48)51-42-25-11-8-22-37(42)40-30-39-36-21-7-10-24-41(36)49(46(39)31-47(40)51)34-18-5-2-6-19-34/h1-31H. The molecule has 238 valence electrons. The summed E-state index contributed by atoms with van der Waals surface area (Å²) in [5, 5.41) is 7.51. The molecule has 0 atom stereocenters.